The zero-order chi connectivity index (χ0) is 19.1. The molecule has 1 atom stereocenters. The molecule has 0 aliphatic heterocycles. The second-order valence-corrected chi connectivity index (χ2v) is 5.78. The fourth-order valence-corrected chi connectivity index (χ4v) is 2.56. The number of methoxy groups -OCH3 is 1. The smallest absolute Gasteiger partial charge is 0.339 e. The van der Waals surface area contributed by atoms with Crippen molar-refractivity contribution in [2.75, 3.05) is 12.4 Å². The van der Waals surface area contributed by atoms with E-state index in [2.05, 4.69) is 5.32 Å². The van der Waals surface area contributed by atoms with Crippen molar-refractivity contribution in [1.82, 2.24) is 0 Å². The molecule has 3 aromatic carbocycles. The molecule has 0 aliphatic carbocycles. The molecule has 0 aromatic heterocycles. The lowest BCUT2D eigenvalue weighted by atomic mass is 10.1. The molecule has 1 amide bonds. The van der Waals surface area contributed by atoms with Gasteiger partial charge in [0.05, 0.1) is 12.7 Å². The highest BCUT2D eigenvalue weighted by Crippen LogP contribution is 2.23. The highest BCUT2D eigenvalue weighted by Gasteiger charge is 2.25. The first-order valence-electron chi connectivity index (χ1n) is 8.43. The van der Waals surface area contributed by atoms with Crippen molar-refractivity contribution in [2.24, 2.45) is 0 Å². The van der Waals surface area contributed by atoms with Crippen LogP contribution >= 0.6 is 0 Å². The number of hydrogen-bond acceptors (Lipinski definition) is 4. The van der Waals surface area contributed by atoms with Crippen molar-refractivity contribution in [3.63, 3.8) is 0 Å². The molecule has 0 bridgehead atoms. The number of esters is 1. The SMILES string of the molecule is COc1cccc(NC(=O)[C@H](OC(=O)c2ccccc2)c2ccccc2)c1. The summed E-state index contributed by atoms with van der Waals surface area (Å²) in [5, 5.41) is 2.78. The van der Waals surface area contributed by atoms with Gasteiger partial charge in [0.1, 0.15) is 5.75 Å². The lowest BCUT2D eigenvalue weighted by Gasteiger charge is -2.18. The Morgan fingerprint density at radius 1 is 0.852 bits per heavy atom. The Kier molecular flexibility index (Phi) is 5.84. The molecule has 0 unspecified atom stereocenters. The number of rotatable bonds is 6. The van der Waals surface area contributed by atoms with Crippen LogP contribution in [0.15, 0.2) is 84.9 Å². The minimum Gasteiger partial charge on any atom is -0.497 e. The predicted octanol–water partition coefficient (Wildman–Crippen LogP) is 4.23. The van der Waals surface area contributed by atoms with Crippen LogP contribution in [0.4, 0.5) is 5.69 Å². The standard InChI is InChI=1S/C22H19NO4/c1-26-19-14-8-13-18(15-19)23-21(24)20(16-9-4-2-5-10-16)27-22(25)17-11-6-3-7-12-17/h2-15,20H,1H3,(H,23,24)/t20-/m1/s1. The molecule has 0 spiro atoms. The van der Waals surface area contributed by atoms with E-state index < -0.39 is 18.0 Å². The fraction of sp³-hybridized carbons (Fsp3) is 0.0909. The lowest BCUT2D eigenvalue weighted by Crippen LogP contribution is -2.26. The third kappa shape index (κ3) is 4.73. The first kappa shape index (κ1) is 18.2. The molecule has 0 radical (unpaired) electrons. The summed E-state index contributed by atoms with van der Waals surface area (Å²) >= 11 is 0. The highest BCUT2D eigenvalue weighted by atomic mass is 16.5. The molecule has 136 valence electrons. The molecule has 3 rings (SSSR count). The summed E-state index contributed by atoms with van der Waals surface area (Å²) in [6, 6.07) is 24.4. The number of hydrogen-bond donors (Lipinski definition) is 1. The van der Waals surface area contributed by atoms with Gasteiger partial charge in [0.15, 0.2) is 0 Å². The van der Waals surface area contributed by atoms with E-state index in [0.29, 0.717) is 22.6 Å². The summed E-state index contributed by atoms with van der Waals surface area (Å²) in [6.45, 7) is 0. The molecule has 0 aliphatic rings. The van der Waals surface area contributed by atoms with E-state index in [-0.39, 0.29) is 0 Å². The topological polar surface area (TPSA) is 64.6 Å². The molecule has 5 heteroatoms. The molecule has 0 saturated heterocycles. The van der Waals surface area contributed by atoms with Crippen molar-refractivity contribution >= 4 is 17.6 Å². The first-order chi connectivity index (χ1) is 13.2. The molecular formula is C22H19NO4. The zero-order valence-electron chi connectivity index (χ0n) is 14.8. The minimum absolute atomic E-state index is 0.382. The average molecular weight is 361 g/mol. The number of amides is 1. The van der Waals surface area contributed by atoms with Gasteiger partial charge in [-0.25, -0.2) is 4.79 Å². The van der Waals surface area contributed by atoms with E-state index in [1.165, 1.54) is 0 Å². The third-order valence-corrected chi connectivity index (χ3v) is 3.91. The van der Waals surface area contributed by atoms with Crippen molar-refractivity contribution in [3.8, 4) is 5.75 Å². The van der Waals surface area contributed by atoms with Gasteiger partial charge >= 0.3 is 5.97 Å². The summed E-state index contributed by atoms with van der Waals surface area (Å²) in [7, 11) is 1.55. The Hall–Kier alpha value is -3.60. The van der Waals surface area contributed by atoms with E-state index >= 15 is 0 Å². The van der Waals surface area contributed by atoms with Crippen molar-refractivity contribution < 1.29 is 19.1 Å². The van der Waals surface area contributed by atoms with Crippen LogP contribution in [0.1, 0.15) is 22.0 Å². The van der Waals surface area contributed by atoms with E-state index in [4.69, 9.17) is 9.47 Å². The summed E-state index contributed by atoms with van der Waals surface area (Å²) < 4.78 is 10.7. The molecule has 5 nitrogen and oxygen atoms in total. The maximum atomic E-state index is 12.9. The molecule has 27 heavy (non-hydrogen) atoms. The summed E-state index contributed by atoms with van der Waals surface area (Å²) in [5.41, 5.74) is 1.52. The maximum absolute atomic E-state index is 12.9. The Bertz CT molecular complexity index is 910. The van der Waals surface area contributed by atoms with Gasteiger partial charge < -0.3 is 14.8 Å². The van der Waals surface area contributed by atoms with Crippen LogP contribution < -0.4 is 10.1 Å². The maximum Gasteiger partial charge on any atom is 0.339 e. The van der Waals surface area contributed by atoms with Crippen molar-refractivity contribution in [1.29, 1.82) is 0 Å². The Labute approximate surface area is 157 Å². The second kappa shape index (κ2) is 8.67. The Balaban J connectivity index is 1.83. The number of benzene rings is 3. The normalized spacial score (nSPS) is 11.3. The summed E-state index contributed by atoms with van der Waals surface area (Å²) in [4.78, 5) is 25.3. The minimum atomic E-state index is -1.08. The largest absolute Gasteiger partial charge is 0.497 e. The van der Waals surface area contributed by atoms with Gasteiger partial charge in [-0.15, -0.1) is 0 Å². The van der Waals surface area contributed by atoms with Crippen molar-refractivity contribution in [3.05, 3.63) is 96.1 Å². The number of carbonyl (C=O) groups excluding carboxylic acids is 2. The molecule has 0 heterocycles. The monoisotopic (exact) mass is 361 g/mol. The molecule has 0 fully saturated rings. The molecular weight excluding hydrogens is 342 g/mol. The average Bonchev–Trinajstić information content (AvgIpc) is 2.73. The lowest BCUT2D eigenvalue weighted by molar-refractivity contribution is -0.125. The van der Waals surface area contributed by atoms with E-state index in [9.17, 15) is 9.59 Å². The van der Waals surface area contributed by atoms with Crippen LogP contribution in [-0.4, -0.2) is 19.0 Å². The van der Waals surface area contributed by atoms with Crippen LogP contribution in [0.25, 0.3) is 0 Å². The van der Waals surface area contributed by atoms with Gasteiger partial charge in [-0.3, -0.25) is 4.79 Å². The third-order valence-electron chi connectivity index (χ3n) is 3.91. The molecule has 0 saturated carbocycles. The van der Waals surface area contributed by atoms with Gasteiger partial charge in [0.25, 0.3) is 5.91 Å². The Morgan fingerprint density at radius 2 is 1.52 bits per heavy atom. The number of nitrogens with one attached hydrogen (secondary N) is 1. The van der Waals surface area contributed by atoms with Crippen LogP contribution in [0.2, 0.25) is 0 Å². The second-order valence-electron chi connectivity index (χ2n) is 5.78. The van der Waals surface area contributed by atoms with Gasteiger partial charge in [-0.2, -0.15) is 0 Å². The van der Waals surface area contributed by atoms with Gasteiger partial charge in [-0.05, 0) is 24.3 Å². The van der Waals surface area contributed by atoms with Crippen molar-refractivity contribution in [2.45, 2.75) is 6.10 Å². The van der Waals surface area contributed by atoms with Crippen LogP contribution in [-0.2, 0) is 9.53 Å². The van der Waals surface area contributed by atoms with Gasteiger partial charge in [0, 0.05) is 17.3 Å². The van der Waals surface area contributed by atoms with E-state index in [0.717, 1.165) is 0 Å². The number of ether oxygens (including phenoxy) is 2. The molecule has 3 aromatic rings. The van der Waals surface area contributed by atoms with E-state index in [1.807, 2.05) is 6.07 Å². The van der Waals surface area contributed by atoms with Crippen LogP contribution in [0.3, 0.4) is 0 Å². The highest BCUT2D eigenvalue weighted by molar-refractivity contribution is 5.98. The molecule has 1 N–H and O–H groups in total. The van der Waals surface area contributed by atoms with Gasteiger partial charge in [0.2, 0.25) is 6.10 Å². The number of carbonyl (C=O) groups is 2. The van der Waals surface area contributed by atoms with Crippen LogP contribution in [0, 0.1) is 0 Å². The summed E-state index contributed by atoms with van der Waals surface area (Å²) in [5.74, 6) is -0.394. The Morgan fingerprint density at radius 3 is 2.19 bits per heavy atom. The number of anilines is 1. The zero-order valence-corrected chi connectivity index (χ0v) is 14.8. The quantitative estimate of drug-likeness (QED) is 0.667. The first-order valence-corrected chi connectivity index (χ1v) is 8.43. The predicted molar refractivity (Wildman–Crippen MR) is 103 cm³/mol. The fourth-order valence-electron chi connectivity index (χ4n) is 2.56. The van der Waals surface area contributed by atoms with Gasteiger partial charge in [-0.1, -0.05) is 54.6 Å². The summed E-state index contributed by atoms with van der Waals surface area (Å²) in [6.07, 6.45) is -1.08. The van der Waals surface area contributed by atoms with E-state index in [1.54, 1.807) is 86.0 Å². The van der Waals surface area contributed by atoms with Crippen LogP contribution in [0.5, 0.6) is 5.75 Å².